The molecule has 1 unspecified atom stereocenters. The molecule has 1 aliphatic rings. The zero-order valence-corrected chi connectivity index (χ0v) is 14.7. The number of hydrogen-bond donors (Lipinski definition) is 1. The van der Waals surface area contributed by atoms with Crippen molar-refractivity contribution in [1.82, 2.24) is 15.3 Å². The highest BCUT2D eigenvalue weighted by molar-refractivity contribution is 5.93. The molecule has 4 rings (SSSR count). The van der Waals surface area contributed by atoms with E-state index >= 15 is 0 Å². The van der Waals surface area contributed by atoms with Crippen LogP contribution >= 0.6 is 0 Å². The van der Waals surface area contributed by atoms with Crippen molar-refractivity contribution in [3.8, 4) is 11.3 Å². The van der Waals surface area contributed by atoms with Crippen LogP contribution in [0.5, 0.6) is 0 Å². The number of carbonyl (C=O) groups is 1. The third kappa shape index (κ3) is 2.74. The molecular weight excluding hydrogens is 326 g/mol. The third-order valence-corrected chi connectivity index (χ3v) is 5.04. The lowest BCUT2D eigenvalue weighted by Crippen LogP contribution is -2.50. The lowest BCUT2D eigenvalue weighted by molar-refractivity contribution is -0.148. The maximum absolute atomic E-state index is 12.7. The minimum Gasteiger partial charge on any atom is -0.468 e. The highest BCUT2D eigenvalue weighted by atomic mass is 16.5. The topological polar surface area (TPSA) is 64.1 Å². The number of nitrogens with one attached hydrogen (secondary N) is 1. The number of nitrogens with zero attached hydrogens (tertiary/aromatic N) is 2. The molecular formula is C21H21N3O2. The lowest BCUT2D eigenvalue weighted by atomic mass is 9.79. The van der Waals surface area contributed by atoms with Crippen LogP contribution in [0.2, 0.25) is 0 Å². The van der Waals surface area contributed by atoms with Crippen molar-refractivity contribution in [3.05, 3.63) is 60.4 Å². The number of esters is 1. The maximum Gasteiger partial charge on any atom is 0.320 e. The second kappa shape index (κ2) is 6.84. The van der Waals surface area contributed by atoms with Crippen molar-refractivity contribution in [2.75, 3.05) is 20.2 Å². The van der Waals surface area contributed by atoms with Crippen LogP contribution in [0, 0.1) is 0 Å². The Bertz CT molecular complexity index is 934. The molecule has 0 bridgehead atoms. The molecule has 1 aromatic heterocycles. The summed E-state index contributed by atoms with van der Waals surface area (Å²) in [7, 11) is 1.43. The van der Waals surface area contributed by atoms with Crippen LogP contribution < -0.4 is 5.32 Å². The van der Waals surface area contributed by atoms with Gasteiger partial charge in [0.1, 0.15) is 11.2 Å². The summed E-state index contributed by atoms with van der Waals surface area (Å²) < 4.78 is 5.15. The zero-order chi connectivity index (χ0) is 18.0. The number of piperidine rings is 1. The van der Waals surface area contributed by atoms with E-state index in [1.54, 1.807) is 0 Å². The molecule has 1 atom stereocenters. The Kier molecular flexibility index (Phi) is 4.39. The molecule has 26 heavy (non-hydrogen) atoms. The number of para-hydroxylation sites is 1. The van der Waals surface area contributed by atoms with Crippen LogP contribution in [0.4, 0.5) is 0 Å². The van der Waals surface area contributed by atoms with Crippen molar-refractivity contribution in [2.24, 2.45) is 0 Å². The first-order valence-electron chi connectivity index (χ1n) is 8.86. The highest BCUT2D eigenvalue weighted by Crippen LogP contribution is 2.34. The van der Waals surface area contributed by atoms with Gasteiger partial charge in [-0.1, -0.05) is 48.5 Å². The van der Waals surface area contributed by atoms with Crippen molar-refractivity contribution in [3.63, 3.8) is 0 Å². The van der Waals surface area contributed by atoms with Gasteiger partial charge in [0.05, 0.1) is 18.3 Å². The Morgan fingerprint density at radius 3 is 2.58 bits per heavy atom. The molecule has 0 radical (unpaired) electrons. The predicted octanol–water partition coefficient (Wildman–Crippen LogP) is 3.09. The Labute approximate surface area is 152 Å². The average molecular weight is 347 g/mol. The van der Waals surface area contributed by atoms with Crippen LogP contribution in [0.15, 0.2) is 54.6 Å². The molecule has 3 aromatic rings. The van der Waals surface area contributed by atoms with Gasteiger partial charge in [0.25, 0.3) is 0 Å². The van der Waals surface area contributed by atoms with Gasteiger partial charge in [-0.15, -0.1) is 0 Å². The van der Waals surface area contributed by atoms with Crippen molar-refractivity contribution in [1.29, 1.82) is 0 Å². The van der Waals surface area contributed by atoms with Crippen molar-refractivity contribution in [2.45, 2.75) is 18.3 Å². The minimum atomic E-state index is -0.847. The van der Waals surface area contributed by atoms with E-state index in [4.69, 9.17) is 14.7 Å². The summed E-state index contributed by atoms with van der Waals surface area (Å²) in [5.74, 6) is 0.257. The fraction of sp³-hybridized carbons (Fsp3) is 0.286. The molecule has 0 spiro atoms. The molecule has 0 amide bonds. The second-order valence-electron chi connectivity index (χ2n) is 6.63. The van der Waals surface area contributed by atoms with E-state index in [1.807, 2.05) is 54.6 Å². The van der Waals surface area contributed by atoms with Gasteiger partial charge < -0.3 is 10.1 Å². The Morgan fingerprint density at radius 1 is 1.08 bits per heavy atom. The summed E-state index contributed by atoms with van der Waals surface area (Å²) in [4.78, 5) is 22.4. The first-order valence-corrected chi connectivity index (χ1v) is 8.86. The molecule has 2 heterocycles. The SMILES string of the molecule is COC(=O)C1(c2nc(-c3ccccc3)c3ccccc3n2)CCCNC1. The molecule has 5 nitrogen and oxygen atoms in total. The second-order valence-corrected chi connectivity index (χ2v) is 6.63. The van der Waals surface area contributed by atoms with E-state index in [9.17, 15) is 4.79 Å². The highest BCUT2D eigenvalue weighted by Gasteiger charge is 2.45. The van der Waals surface area contributed by atoms with E-state index in [0.717, 1.165) is 35.1 Å². The van der Waals surface area contributed by atoms with E-state index in [0.29, 0.717) is 18.8 Å². The monoisotopic (exact) mass is 347 g/mol. The molecule has 1 saturated heterocycles. The number of aromatic nitrogens is 2. The van der Waals surface area contributed by atoms with Crippen LogP contribution in [-0.4, -0.2) is 36.1 Å². The molecule has 5 heteroatoms. The van der Waals surface area contributed by atoms with E-state index in [2.05, 4.69) is 5.32 Å². The molecule has 0 saturated carbocycles. The minimum absolute atomic E-state index is 0.279. The first kappa shape index (κ1) is 16.7. The molecule has 1 fully saturated rings. The zero-order valence-electron chi connectivity index (χ0n) is 14.7. The molecule has 2 aromatic carbocycles. The van der Waals surface area contributed by atoms with Crippen molar-refractivity contribution < 1.29 is 9.53 Å². The third-order valence-electron chi connectivity index (χ3n) is 5.04. The van der Waals surface area contributed by atoms with Crippen LogP contribution in [0.3, 0.4) is 0 Å². The lowest BCUT2D eigenvalue weighted by Gasteiger charge is -2.33. The van der Waals surface area contributed by atoms with E-state index in [1.165, 1.54) is 7.11 Å². The predicted molar refractivity (Wildman–Crippen MR) is 101 cm³/mol. The number of ether oxygens (including phenoxy) is 1. The van der Waals surface area contributed by atoms with Gasteiger partial charge in [-0.25, -0.2) is 9.97 Å². The van der Waals surface area contributed by atoms with Crippen LogP contribution in [0.1, 0.15) is 18.7 Å². The van der Waals surface area contributed by atoms with Gasteiger partial charge in [0, 0.05) is 17.5 Å². The Morgan fingerprint density at radius 2 is 1.85 bits per heavy atom. The van der Waals surface area contributed by atoms with Gasteiger partial charge in [0.2, 0.25) is 0 Å². The molecule has 132 valence electrons. The van der Waals surface area contributed by atoms with Gasteiger partial charge in [0.15, 0.2) is 0 Å². The van der Waals surface area contributed by atoms with Crippen LogP contribution in [0.25, 0.3) is 22.2 Å². The van der Waals surface area contributed by atoms with Crippen molar-refractivity contribution >= 4 is 16.9 Å². The fourth-order valence-corrected chi connectivity index (χ4v) is 3.66. The van der Waals surface area contributed by atoms with E-state index in [-0.39, 0.29) is 5.97 Å². The molecule has 0 aliphatic carbocycles. The average Bonchev–Trinajstić information content (AvgIpc) is 2.73. The summed E-state index contributed by atoms with van der Waals surface area (Å²) in [6.45, 7) is 1.38. The molecule has 1 N–H and O–H groups in total. The number of fused-ring (bicyclic) bond motifs is 1. The van der Waals surface area contributed by atoms with E-state index < -0.39 is 5.41 Å². The summed E-state index contributed by atoms with van der Waals surface area (Å²) in [6, 6.07) is 17.9. The quantitative estimate of drug-likeness (QED) is 0.738. The van der Waals surface area contributed by atoms with Gasteiger partial charge in [-0.05, 0) is 25.5 Å². The first-order chi connectivity index (χ1) is 12.7. The maximum atomic E-state index is 12.7. The van der Waals surface area contributed by atoms with Crippen LogP contribution in [-0.2, 0) is 14.9 Å². The van der Waals surface area contributed by atoms with Gasteiger partial charge in [-0.3, -0.25) is 4.79 Å². The number of benzene rings is 2. The Hall–Kier alpha value is -2.79. The number of carbonyl (C=O) groups excluding carboxylic acids is 1. The number of methoxy groups -OCH3 is 1. The number of rotatable bonds is 3. The van der Waals surface area contributed by atoms with Gasteiger partial charge in [-0.2, -0.15) is 0 Å². The smallest absolute Gasteiger partial charge is 0.320 e. The summed E-state index contributed by atoms with van der Waals surface area (Å²) >= 11 is 0. The Balaban J connectivity index is 1.97. The summed E-state index contributed by atoms with van der Waals surface area (Å²) in [5.41, 5.74) is 1.85. The summed E-state index contributed by atoms with van der Waals surface area (Å²) in [5, 5.41) is 4.29. The standard InChI is InChI=1S/C21H21N3O2/c1-26-20(25)21(12-7-13-22-14-21)19-23-17-11-6-5-10-16(17)18(24-19)15-8-3-2-4-9-15/h2-6,8-11,22H,7,12-14H2,1H3. The van der Waals surface area contributed by atoms with Gasteiger partial charge >= 0.3 is 5.97 Å². The fourth-order valence-electron chi connectivity index (χ4n) is 3.66. The summed E-state index contributed by atoms with van der Waals surface area (Å²) in [6.07, 6.45) is 1.56. The molecule has 1 aliphatic heterocycles. The normalized spacial score (nSPS) is 20.0. The number of hydrogen-bond acceptors (Lipinski definition) is 5. The largest absolute Gasteiger partial charge is 0.468 e.